The molecular formula is C25H34N6O4S. The maximum Gasteiger partial charge on any atom is 0.225 e. The molecule has 2 saturated carbocycles. The number of hydrogen-bond donors (Lipinski definition) is 6. The molecule has 0 aliphatic heterocycles. The van der Waals surface area contributed by atoms with Crippen LogP contribution in [0.15, 0.2) is 12.3 Å². The minimum atomic E-state index is -1.15. The summed E-state index contributed by atoms with van der Waals surface area (Å²) in [4.78, 5) is 18.6. The van der Waals surface area contributed by atoms with Gasteiger partial charge in [-0.25, -0.2) is 9.97 Å². The van der Waals surface area contributed by atoms with Crippen molar-refractivity contribution in [3.8, 4) is 10.6 Å². The smallest absolute Gasteiger partial charge is 0.225 e. The molecule has 4 atom stereocenters. The zero-order valence-corrected chi connectivity index (χ0v) is 21.8. The first-order chi connectivity index (χ1) is 16.9. The molecule has 3 aromatic rings. The van der Waals surface area contributed by atoms with Crippen LogP contribution in [0.2, 0.25) is 0 Å². The molecule has 3 aromatic heterocycles. The average molecular weight is 515 g/mol. The highest BCUT2D eigenvalue weighted by Gasteiger charge is 2.48. The van der Waals surface area contributed by atoms with E-state index >= 15 is 0 Å². The molecule has 0 radical (unpaired) electrons. The molecule has 2 aliphatic rings. The fourth-order valence-corrected chi connectivity index (χ4v) is 6.27. The molecule has 2 aliphatic carbocycles. The third kappa shape index (κ3) is 4.66. The van der Waals surface area contributed by atoms with E-state index in [1.807, 2.05) is 19.9 Å². The normalized spacial score (nSPS) is 25.7. The first-order valence-corrected chi connectivity index (χ1v) is 13.2. The minimum Gasteiger partial charge on any atom is -0.390 e. The molecule has 0 unspecified atom stereocenters. The van der Waals surface area contributed by atoms with E-state index in [4.69, 9.17) is 9.97 Å². The summed E-state index contributed by atoms with van der Waals surface area (Å²) in [7, 11) is 0. The Labute approximate surface area is 213 Å². The minimum absolute atomic E-state index is 0.350. The van der Waals surface area contributed by atoms with Crippen molar-refractivity contribution in [1.29, 1.82) is 0 Å². The predicted molar refractivity (Wildman–Crippen MR) is 139 cm³/mol. The molecule has 6 N–H and O–H groups in total. The second-order valence-electron chi connectivity index (χ2n) is 10.8. The van der Waals surface area contributed by atoms with Crippen LogP contribution in [-0.2, 0) is 0 Å². The van der Waals surface area contributed by atoms with Gasteiger partial charge >= 0.3 is 0 Å². The molecule has 10 nitrogen and oxygen atoms in total. The Morgan fingerprint density at radius 1 is 1.11 bits per heavy atom. The van der Waals surface area contributed by atoms with Crippen molar-refractivity contribution in [3.05, 3.63) is 23.7 Å². The molecule has 0 saturated heterocycles. The van der Waals surface area contributed by atoms with Gasteiger partial charge in [-0.05, 0) is 59.4 Å². The number of aliphatic hydroxyl groups is 4. The van der Waals surface area contributed by atoms with E-state index in [0.717, 1.165) is 40.2 Å². The highest BCUT2D eigenvalue weighted by molar-refractivity contribution is 7.21. The fourth-order valence-electron chi connectivity index (χ4n) is 5.16. The molecule has 0 bridgehead atoms. The van der Waals surface area contributed by atoms with E-state index in [1.54, 1.807) is 20.0 Å². The second-order valence-corrected chi connectivity index (χ2v) is 11.8. The van der Waals surface area contributed by atoms with Crippen LogP contribution in [0.25, 0.3) is 20.8 Å². The van der Waals surface area contributed by atoms with Gasteiger partial charge in [0, 0.05) is 18.7 Å². The summed E-state index contributed by atoms with van der Waals surface area (Å²) in [6, 6.07) is 1.39. The number of hydrogen-bond acceptors (Lipinski definition) is 11. The van der Waals surface area contributed by atoms with E-state index in [0.29, 0.717) is 36.0 Å². The van der Waals surface area contributed by atoms with Gasteiger partial charge in [-0.3, -0.25) is 4.98 Å². The number of aryl methyl sites for hydroxylation is 2. The van der Waals surface area contributed by atoms with E-state index < -0.39 is 35.4 Å². The summed E-state index contributed by atoms with van der Waals surface area (Å²) in [5, 5.41) is 49.7. The Bertz CT molecular complexity index is 1270. The van der Waals surface area contributed by atoms with Crippen LogP contribution in [0.5, 0.6) is 0 Å². The maximum atomic E-state index is 10.8. The molecule has 194 valence electrons. The highest BCUT2D eigenvalue weighted by atomic mass is 32.1. The molecule has 0 amide bonds. The van der Waals surface area contributed by atoms with Crippen LogP contribution in [0, 0.1) is 19.8 Å². The van der Waals surface area contributed by atoms with Crippen LogP contribution in [0.4, 0.5) is 11.8 Å². The van der Waals surface area contributed by atoms with Crippen LogP contribution in [0.3, 0.4) is 0 Å². The van der Waals surface area contributed by atoms with Gasteiger partial charge < -0.3 is 31.1 Å². The van der Waals surface area contributed by atoms with Crippen LogP contribution < -0.4 is 10.6 Å². The van der Waals surface area contributed by atoms with Crippen molar-refractivity contribution in [3.63, 3.8) is 0 Å². The SMILES string of the molecule is Cc1nc(NCC2(O)CCC2)nc(N[C@@H]2C[C@H](C(C)(C)O)[C@@H](O)[C@H]2O)c1-c1nc2c(C)nccc2s1. The molecule has 3 heterocycles. The third-order valence-electron chi connectivity index (χ3n) is 7.57. The molecule has 11 heteroatoms. The summed E-state index contributed by atoms with van der Waals surface area (Å²) < 4.78 is 0.996. The van der Waals surface area contributed by atoms with Crippen molar-refractivity contribution in [2.45, 2.75) is 82.8 Å². The zero-order chi connectivity index (χ0) is 25.8. The number of anilines is 2. The van der Waals surface area contributed by atoms with E-state index in [1.165, 1.54) is 11.3 Å². The lowest BCUT2D eigenvalue weighted by atomic mass is 9.80. The first-order valence-electron chi connectivity index (χ1n) is 12.4. The molecule has 5 rings (SSSR count). The highest BCUT2D eigenvalue weighted by Crippen LogP contribution is 2.40. The van der Waals surface area contributed by atoms with Crippen molar-refractivity contribution >= 4 is 33.3 Å². The van der Waals surface area contributed by atoms with Gasteiger partial charge in [-0.15, -0.1) is 11.3 Å². The Balaban J connectivity index is 1.53. The fraction of sp³-hybridized carbons (Fsp3) is 0.600. The number of rotatable bonds is 7. The lowest BCUT2D eigenvalue weighted by Crippen LogP contribution is -2.43. The number of aromatic nitrogens is 4. The average Bonchev–Trinajstić information content (AvgIpc) is 3.33. The summed E-state index contributed by atoms with van der Waals surface area (Å²) in [5.74, 6) is 0.339. The van der Waals surface area contributed by atoms with Crippen molar-refractivity contribution in [1.82, 2.24) is 19.9 Å². The van der Waals surface area contributed by atoms with Crippen molar-refractivity contribution < 1.29 is 20.4 Å². The van der Waals surface area contributed by atoms with Gasteiger partial charge in [0.2, 0.25) is 5.95 Å². The Hall–Kier alpha value is -2.44. The molecule has 36 heavy (non-hydrogen) atoms. The first kappa shape index (κ1) is 25.2. The summed E-state index contributed by atoms with van der Waals surface area (Å²) in [6.07, 6.45) is 2.44. The summed E-state index contributed by atoms with van der Waals surface area (Å²) in [6.45, 7) is 7.42. The maximum absolute atomic E-state index is 10.8. The third-order valence-corrected chi connectivity index (χ3v) is 8.60. The second kappa shape index (κ2) is 9.14. The number of thiazole rings is 1. The lowest BCUT2D eigenvalue weighted by Gasteiger charge is -2.36. The molecule has 0 aromatic carbocycles. The van der Waals surface area contributed by atoms with Crippen LogP contribution in [0.1, 0.15) is 50.9 Å². The molecule has 0 spiro atoms. The number of nitrogens with one attached hydrogen (secondary N) is 2. The Morgan fingerprint density at radius 3 is 2.47 bits per heavy atom. The zero-order valence-electron chi connectivity index (χ0n) is 21.0. The molecule has 2 fully saturated rings. The Kier molecular flexibility index (Phi) is 6.40. The van der Waals surface area contributed by atoms with Crippen molar-refractivity contribution in [2.24, 2.45) is 5.92 Å². The van der Waals surface area contributed by atoms with Crippen LogP contribution in [-0.4, -0.2) is 76.4 Å². The largest absolute Gasteiger partial charge is 0.390 e. The van der Waals surface area contributed by atoms with Gasteiger partial charge in [0.05, 0.1) is 45.0 Å². The predicted octanol–water partition coefficient (Wildman–Crippen LogP) is 2.39. The number of aliphatic hydroxyl groups excluding tert-OH is 2. The van der Waals surface area contributed by atoms with E-state index in [2.05, 4.69) is 20.6 Å². The van der Waals surface area contributed by atoms with Gasteiger partial charge in [-0.2, -0.15) is 4.98 Å². The van der Waals surface area contributed by atoms with Gasteiger partial charge in [-0.1, -0.05) is 0 Å². The van der Waals surface area contributed by atoms with Gasteiger partial charge in [0.1, 0.15) is 22.4 Å². The number of fused-ring (bicyclic) bond motifs is 1. The van der Waals surface area contributed by atoms with E-state index in [9.17, 15) is 20.4 Å². The van der Waals surface area contributed by atoms with Crippen molar-refractivity contribution in [2.75, 3.05) is 17.2 Å². The van der Waals surface area contributed by atoms with Crippen LogP contribution >= 0.6 is 11.3 Å². The lowest BCUT2D eigenvalue weighted by molar-refractivity contribution is -0.0601. The number of pyridine rings is 1. The number of nitrogens with zero attached hydrogens (tertiary/aromatic N) is 4. The standard InChI is InChI=1S/C25H34N6O4S/c1-12-17(22-30-18-13(2)26-9-6-16(18)36-22)21(31-23(28-12)27-11-25(35)7-5-8-25)29-15-10-14(24(3,4)34)19(32)20(15)33/h6,9,14-15,19-20,32-35H,5,7-8,10-11H2,1-4H3,(H2,27,28,29,31)/t14-,15+,19+,20-/m0/s1. The Morgan fingerprint density at radius 2 is 1.86 bits per heavy atom. The van der Waals surface area contributed by atoms with E-state index in [-0.39, 0.29) is 0 Å². The topological polar surface area (TPSA) is 157 Å². The quantitative estimate of drug-likeness (QED) is 0.277. The summed E-state index contributed by atoms with van der Waals surface area (Å²) in [5.41, 5.74) is 1.15. The monoisotopic (exact) mass is 514 g/mol. The van der Waals surface area contributed by atoms with Gasteiger partial charge in [0.15, 0.2) is 0 Å². The van der Waals surface area contributed by atoms with Gasteiger partial charge in [0.25, 0.3) is 0 Å². The molecular weight excluding hydrogens is 480 g/mol. The summed E-state index contributed by atoms with van der Waals surface area (Å²) >= 11 is 1.51.